The fraction of sp³-hybridized carbons (Fsp3) is 0.250. The van der Waals surface area contributed by atoms with Crippen LogP contribution in [0.4, 0.5) is 0 Å². The molecule has 0 aliphatic rings. The highest BCUT2D eigenvalue weighted by atomic mass is 16.5. The first-order chi connectivity index (χ1) is 11.1. The van der Waals surface area contributed by atoms with Gasteiger partial charge in [0.25, 0.3) is 11.8 Å². The van der Waals surface area contributed by atoms with Gasteiger partial charge in [0, 0.05) is 18.5 Å². The Morgan fingerprint density at radius 3 is 2.74 bits per heavy atom. The molecule has 7 nitrogen and oxygen atoms in total. The third-order valence-corrected chi connectivity index (χ3v) is 3.03. The Kier molecular flexibility index (Phi) is 5.62. The van der Waals surface area contributed by atoms with Crippen molar-refractivity contribution >= 4 is 11.8 Å². The number of furan rings is 1. The molecule has 2 amide bonds. The molecule has 0 saturated heterocycles. The number of amides is 2. The molecule has 1 aromatic heterocycles. The van der Waals surface area contributed by atoms with E-state index in [1.54, 1.807) is 30.5 Å². The lowest BCUT2D eigenvalue weighted by Crippen LogP contribution is -2.25. The minimum atomic E-state index is -0.591. The van der Waals surface area contributed by atoms with Gasteiger partial charge in [-0.05, 0) is 30.3 Å². The van der Waals surface area contributed by atoms with Crippen LogP contribution in [-0.4, -0.2) is 32.1 Å². The predicted octanol–water partition coefficient (Wildman–Crippen LogP) is 1.12. The van der Waals surface area contributed by atoms with Gasteiger partial charge in [-0.25, -0.2) is 0 Å². The zero-order valence-electron chi connectivity index (χ0n) is 12.7. The molecular formula is C16H18N2O5. The SMILES string of the molecule is COc1cc(C(=O)NCCc2ccco2)ccc1OCC(N)=O. The summed E-state index contributed by atoms with van der Waals surface area (Å²) in [5.74, 6) is 0.671. The van der Waals surface area contributed by atoms with Crippen molar-refractivity contribution in [3.63, 3.8) is 0 Å². The Morgan fingerprint density at radius 2 is 2.09 bits per heavy atom. The van der Waals surface area contributed by atoms with Crippen molar-refractivity contribution in [3.05, 3.63) is 47.9 Å². The average molecular weight is 318 g/mol. The molecule has 23 heavy (non-hydrogen) atoms. The second-order valence-corrected chi connectivity index (χ2v) is 4.71. The second kappa shape index (κ2) is 7.88. The summed E-state index contributed by atoms with van der Waals surface area (Å²) in [6, 6.07) is 8.33. The van der Waals surface area contributed by atoms with Gasteiger partial charge >= 0.3 is 0 Å². The van der Waals surface area contributed by atoms with Crippen LogP contribution in [0.25, 0.3) is 0 Å². The number of carbonyl (C=O) groups is 2. The molecule has 7 heteroatoms. The Balaban J connectivity index is 1.95. The molecule has 0 radical (unpaired) electrons. The van der Waals surface area contributed by atoms with E-state index in [2.05, 4.69) is 5.32 Å². The summed E-state index contributed by atoms with van der Waals surface area (Å²) in [6.45, 7) is 0.194. The summed E-state index contributed by atoms with van der Waals surface area (Å²) in [4.78, 5) is 22.9. The molecule has 2 aromatic rings. The van der Waals surface area contributed by atoms with Gasteiger partial charge in [0.15, 0.2) is 18.1 Å². The minimum Gasteiger partial charge on any atom is -0.493 e. The number of ether oxygens (including phenoxy) is 2. The van der Waals surface area contributed by atoms with E-state index in [0.29, 0.717) is 30.0 Å². The number of carbonyl (C=O) groups excluding carboxylic acids is 2. The Morgan fingerprint density at radius 1 is 1.26 bits per heavy atom. The molecule has 2 rings (SSSR count). The number of rotatable bonds is 8. The van der Waals surface area contributed by atoms with Gasteiger partial charge in [0.05, 0.1) is 13.4 Å². The average Bonchev–Trinajstić information content (AvgIpc) is 3.05. The summed E-state index contributed by atoms with van der Waals surface area (Å²) in [5.41, 5.74) is 5.45. The second-order valence-electron chi connectivity index (χ2n) is 4.71. The van der Waals surface area contributed by atoms with Gasteiger partial charge in [-0.3, -0.25) is 9.59 Å². The zero-order chi connectivity index (χ0) is 16.7. The highest BCUT2D eigenvalue weighted by Crippen LogP contribution is 2.27. The lowest BCUT2D eigenvalue weighted by atomic mass is 10.2. The molecule has 0 fully saturated rings. The van der Waals surface area contributed by atoms with Crippen LogP contribution >= 0.6 is 0 Å². The topological polar surface area (TPSA) is 104 Å². The van der Waals surface area contributed by atoms with E-state index in [9.17, 15) is 9.59 Å². The van der Waals surface area contributed by atoms with E-state index in [1.807, 2.05) is 6.07 Å². The molecule has 0 unspecified atom stereocenters. The monoisotopic (exact) mass is 318 g/mol. The molecule has 0 aliphatic carbocycles. The number of hydrogen-bond acceptors (Lipinski definition) is 5. The summed E-state index contributed by atoms with van der Waals surface area (Å²) in [7, 11) is 1.45. The van der Waals surface area contributed by atoms with Crippen LogP contribution in [0.15, 0.2) is 41.0 Å². The fourth-order valence-electron chi connectivity index (χ4n) is 1.93. The van der Waals surface area contributed by atoms with E-state index < -0.39 is 5.91 Å². The van der Waals surface area contributed by atoms with Crippen molar-refractivity contribution in [2.45, 2.75) is 6.42 Å². The Hall–Kier alpha value is -2.96. The smallest absolute Gasteiger partial charge is 0.255 e. The van der Waals surface area contributed by atoms with Gasteiger partial charge in [0.1, 0.15) is 5.76 Å². The van der Waals surface area contributed by atoms with Gasteiger partial charge in [-0.2, -0.15) is 0 Å². The summed E-state index contributed by atoms with van der Waals surface area (Å²) < 4.78 is 15.6. The first-order valence-electron chi connectivity index (χ1n) is 7.00. The third kappa shape index (κ3) is 4.77. The summed E-state index contributed by atoms with van der Waals surface area (Å²) in [5, 5.41) is 2.79. The number of methoxy groups -OCH3 is 1. The Labute approximate surface area is 133 Å². The first-order valence-corrected chi connectivity index (χ1v) is 7.00. The molecule has 0 aliphatic heterocycles. The largest absolute Gasteiger partial charge is 0.493 e. The normalized spacial score (nSPS) is 10.1. The highest BCUT2D eigenvalue weighted by molar-refractivity contribution is 5.94. The number of nitrogens with two attached hydrogens (primary N) is 1. The number of nitrogens with one attached hydrogen (secondary N) is 1. The van der Waals surface area contributed by atoms with Gasteiger partial charge in [0.2, 0.25) is 0 Å². The van der Waals surface area contributed by atoms with E-state index in [-0.39, 0.29) is 12.5 Å². The molecule has 0 saturated carbocycles. The number of benzene rings is 1. The van der Waals surface area contributed by atoms with E-state index in [0.717, 1.165) is 5.76 Å². The van der Waals surface area contributed by atoms with E-state index >= 15 is 0 Å². The fourth-order valence-corrected chi connectivity index (χ4v) is 1.93. The quantitative estimate of drug-likeness (QED) is 0.759. The molecular weight excluding hydrogens is 300 g/mol. The maximum Gasteiger partial charge on any atom is 0.255 e. The third-order valence-electron chi connectivity index (χ3n) is 3.03. The van der Waals surface area contributed by atoms with Crippen LogP contribution < -0.4 is 20.5 Å². The van der Waals surface area contributed by atoms with Gasteiger partial charge in [-0.1, -0.05) is 0 Å². The maximum absolute atomic E-state index is 12.1. The van der Waals surface area contributed by atoms with Crippen LogP contribution in [0.1, 0.15) is 16.1 Å². The molecule has 0 atom stereocenters. The molecule has 1 heterocycles. The van der Waals surface area contributed by atoms with Crippen molar-refractivity contribution in [2.24, 2.45) is 5.73 Å². The molecule has 122 valence electrons. The van der Waals surface area contributed by atoms with Crippen LogP contribution in [0.5, 0.6) is 11.5 Å². The van der Waals surface area contributed by atoms with E-state index in [1.165, 1.54) is 7.11 Å². The van der Waals surface area contributed by atoms with Crippen LogP contribution in [0.2, 0.25) is 0 Å². The van der Waals surface area contributed by atoms with Crippen LogP contribution in [-0.2, 0) is 11.2 Å². The number of hydrogen-bond donors (Lipinski definition) is 2. The summed E-state index contributed by atoms with van der Waals surface area (Å²) >= 11 is 0. The van der Waals surface area contributed by atoms with E-state index in [4.69, 9.17) is 19.6 Å². The number of primary amides is 1. The van der Waals surface area contributed by atoms with Crippen LogP contribution in [0, 0.1) is 0 Å². The lowest BCUT2D eigenvalue weighted by Gasteiger charge is -2.11. The van der Waals surface area contributed by atoms with Crippen molar-refractivity contribution in [3.8, 4) is 11.5 Å². The molecule has 0 bridgehead atoms. The Bertz CT molecular complexity index is 667. The van der Waals surface area contributed by atoms with Crippen molar-refractivity contribution in [1.82, 2.24) is 5.32 Å². The minimum absolute atomic E-state index is 0.240. The zero-order valence-corrected chi connectivity index (χ0v) is 12.7. The van der Waals surface area contributed by atoms with Crippen molar-refractivity contribution in [1.29, 1.82) is 0 Å². The molecule has 3 N–H and O–H groups in total. The molecule has 0 spiro atoms. The standard InChI is InChI=1S/C16H18N2O5/c1-21-14-9-11(4-5-13(14)23-10-15(17)19)16(20)18-7-6-12-3-2-8-22-12/h2-5,8-9H,6-7,10H2,1H3,(H2,17,19)(H,18,20). The van der Waals surface area contributed by atoms with Gasteiger partial charge < -0.3 is 24.9 Å². The summed E-state index contributed by atoms with van der Waals surface area (Å²) in [6.07, 6.45) is 2.20. The lowest BCUT2D eigenvalue weighted by molar-refractivity contribution is -0.119. The maximum atomic E-state index is 12.1. The predicted molar refractivity (Wildman–Crippen MR) is 82.4 cm³/mol. The van der Waals surface area contributed by atoms with Crippen molar-refractivity contribution in [2.75, 3.05) is 20.3 Å². The highest BCUT2D eigenvalue weighted by Gasteiger charge is 2.12. The van der Waals surface area contributed by atoms with Gasteiger partial charge in [-0.15, -0.1) is 0 Å². The molecule has 1 aromatic carbocycles. The first kappa shape index (κ1) is 16.4. The van der Waals surface area contributed by atoms with Crippen molar-refractivity contribution < 1.29 is 23.5 Å². The van der Waals surface area contributed by atoms with Crippen LogP contribution in [0.3, 0.4) is 0 Å².